The Morgan fingerprint density at radius 3 is 2.39 bits per heavy atom. The van der Waals surface area contributed by atoms with Crippen molar-refractivity contribution >= 4 is 39.4 Å². The van der Waals surface area contributed by atoms with Gasteiger partial charge in [-0.25, -0.2) is 4.98 Å². The van der Waals surface area contributed by atoms with Gasteiger partial charge in [-0.1, -0.05) is 30.3 Å². The average Bonchev–Trinajstić information content (AvgIpc) is 3.48. The number of aromatic amines is 1. The first-order chi connectivity index (χ1) is 21.5. The second kappa shape index (κ2) is 13.5. The maximum Gasteiger partial charge on any atom is 0.225 e. The monoisotopic (exact) mass is 590 g/mol. The lowest BCUT2D eigenvalue weighted by atomic mass is 9.88. The number of rotatable bonds is 12. The van der Waals surface area contributed by atoms with Crippen LogP contribution in [-0.2, 0) is 0 Å². The molecular weight excluding hydrogens is 548 g/mol. The van der Waals surface area contributed by atoms with E-state index in [1.54, 1.807) is 0 Å². The molecule has 0 radical (unpaired) electrons. The predicted molar refractivity (Wildman–Crippen MR) is 179 cm³/mol. The second-order valence-corrected chi connectivity index (χ2v) is 12.0. The zero-order valence-corrected chi connectivity index (χ0v) is 25.8. The Hall–Kier alpha value is -4.43. The molecule has 1 aliphatic carbocycles. The Kier molecular flexibility index (Phi) is 9.07. The third-order valence-electron chi connectivity index (χ3n) is 8.70. The van der Waals surface area contributed by atoms with E-state index in [4.69, 9.17) is 14.7 Å². The van der Waals surface area contributed by atoms with Crippen molar-refractivity contribution in [2.75, 3.05) is 37.5 Å². The van der Waals surface area contributed by atoms with E-state index < -0.39 is 0 Å². The third-order valence-corrected chi connectivity index (χ3v) is 8.70. The number of carbonyl (C=O) groups is 1. The molecule has 1 fully saturated rings. The maximum absolute atomic E-state index is 13.5. The number of ketones is 1. The number of ether oxygens (including phenoxy) is 1. The van der Waals surface area contributed by atoms with Crippen LogP contribution in [0, 0.1) is 0 Å². The number of para-hydroxylation sites is 2. The lowest BCUT2D eigenvalue weighted by Gasteiger charge is -2.31. The van der Waals surface area contributed by atoms with Crippen LogP contribution in [0.3, 0.4) is 0 Å². The van der Waals surface area contributed by atoms with Gasteiger partial charge in [0.25, 0.3) is 0 Å². The Balaban J connectivity index is 1.10. The first kappa shape index (κ1) is 29.6. The minimum Gasteiger partial charge on any atom is -0.494 e. The van der Waals surface area contributed by atoms with E-state index in [0.29, 0.717) is 31.1 Å². The molecule has 228 valence electrons. The normalized spacial score (nSPS) is 17.4. The molecule has 1 saturated carbocycles. The summed E-state index contributed by atoms with van der Waals surface area (Å²) >= 11 is 0. The fourth-order valence-corrected chi connectivity index (χ4v) is 6.37. The number of H-pyrrole nitrogens is 1. The molecule has 8 nitrogen and oxygen atoms in total. The first-order valence-corrected chi connectivity index (χ1v) is 15.7. The van der Waals surface area contributed by atoms with Crippen molar-refractivity contribution in [3.05, 3.63) is 90.1 Å². The molecule has 0 spiro atoms. The SMILES string of the molecule is CCOc1ccc(C(=O)CC(CN[C@H]2CC[C@@H](Nc3nc(N(C)C)c4ccccc4n3)CC2)c2c[nH]c3ccccc23)cc1. The predicted octanol–water partition coefficient (Wildman–Crippen LogP) is 6.95. The number of nitrogens with one attached hydrogen (secondary N) is 3. The van der Waals surface area contributed by atoms with Crippen molar-refractivity contribution in [2.24, 2.45) is 0 Å². The standard InChI is InChI=1S/C36H42N6O2/c1-4-44-28-19-13-24(14-20-28)34(43)21-25(31-23-38-32-11-7-5-9-29(31)32)22-37-26-15-17-27(18-16-26)39-36-40-33-12-8-6-10-30(33)35(41-36)42(2)3/h5-14,19-20,23,25-27,37-38H,4,15-18,21-22H2,1-3H3,(H,39,40,41)/t25?,26-,27+. The molecule has 2 heterocycles. The summed E-state index contributed by atoms with van der Waals surface area (Å²) in [4.78, 5) is 28.6. The van der Waals surface area contributed by atoms with E-state index in [2.05, 4.69) is 46.1 Å². The first-order valence-electron chi connectivity index (χ1n) is 15.7. The quantitative estimate of drug-likeness (QED) is 0.135. The van der Waals surface area contributed by atoms with Crippen LogP contribution >= 0.6 is 0 Å². The summed E-state index contributed by atoms with van der Waals surface area (Å²) in [6.45, 7) is 3.31. The van der Waals surface area contributed by atoms with Gasteiger partial charge in [0.15, 0.2) is 5.78 Å². The van der Waals surface area contributed by atoms with Gasteiger partial charge in [0, 0.05) is 73.1 Å². The minimum atomic E-state index is 0.0523. The Labute approximate surface area is 259 Å². The van der Waals surface area contributed by atoms with Gasteiger partial charge in [-0.3, -0.25) is 4.79 Å². The van der Waals surface area contributed by atoms with Crippen LogP contribution in [0.15, 0.2) is 79.0 Å². The summed E-state index contributed by atoms with van der Waals surface area (Å²) in [5.41, 5.74) is 3.96. The second-order valence-electron chi connectivity index (χ2n) is 12.0. The van der Waals surface area contributed by atoms with Crippen LogP contribution in [0.2, 0.25) is 0 Å². The van der Waals surface area contributed by atoms with Crippen molar-refractivity contribution in [3.63, 3.8) is 0 Å². The molecule has 3 aromatic carbocycles. The number of carbonyl (C=O) groups excluding carboxylic acids is 1. The number of hydrogen-bond acceptors (Lipinski definition) is 7. The van der Waals surface area contributed by atoms with Gasteiger partial charge in [-0.05, 0) is 80.6 Å². The van der Waals surface area contributed by atoms with Gasteiger partial charge in [-0.15, -0.1) is 0 Å². The molecule has 2 aromatic heterocycles. The minimum absolute atomic E-state index is 0.0523. The van der Waals surface area contributed by atoms with E-state index in [-0.39, 0.29) is 11.7 Å². The van der Waals surface area contributed by atoms with E-state index >= 15 is 0 Å². The number of nitrogens with zero attached hydrogens (tertiary/aromatic N) is 3. The van der Waals surface area contributed by atoms with Crippen LogP contribution in [-0.4, -0.2) is 60.1 Å². The smallest absolute Gasteiger partial charge is 0.225 e. The summed E-state index contributed by atoms with van der Waals surface area (Å²) in [5, 5.41) is 9.69. The summed E-state index contributed by atoms with van der Waals surface area (Å²) in [6.07, 6.45) is 6.70. The van der Waals surface area contributed by atoms with Crippen molar-refractivity contribution in [1.82, 2.24) is 20.3 Å². The van der Waals surface area contributed by atoms with E-state index in [1.165, 1.54) is 10.9 Å². The summed E-state index contributed by atoms with van der Waals surface area (Å²) < 4.78 is 5.57. The van der Waals surface area contributed by atoms with Gasteiger partial charge in [0.1, 0.15) is 11.6 Å². The summed E-state index contributed by atoms with van der Waals surface area (Å²) in [6, 6.07) is 24.7. The zero-order valence-electron chi connectivity index (χ0n) is 25.8. The highest BCUT2D eigenvalue weighted by molar-refractivity contribution is 5.97. The highest BCUT2D eigenvalue weighted by Gasteiger charge is 2.25. The molecule has 0 saturated heterocycles. The lowest BCUT2D eigenvalue weighted by Crippen LogP contribution is -2.39. The highest BCUT2D eigenvalue weighted by atomic mass is 16.5. The molecule has 8 heteroatoms. The molecule has 0 amide bonds. The van der Waals surface area contributed by atoms with Crippen molar-refractivity contribution in [1.29, 1.82) is 0 Å². The number of anilines is 2. The zero-order chi connectivity index (χ0) is 30.5. The van der Waals surface area contributed by atoms with Gasteiger partial charge < -0.3 is 25.3 Å². The number of Topliss-reactive ketones (excluding diaryl/α,β-unsaturated/α-hetero) is 1. The van der Waals surface area contributed by atoms with Crippen molar-refractivity contribution in [2.45, 2.75) is 57.0 Å². The molecule has 6 rings (SSSR count). The number of fused-ring (bicyclic) bond motifs is 2. The van der Waals surface area contributed by atoms with Crippen LogP contribution in [0.4, 0.5) is 11.8 Å². The number of benzene rings is 3. The summed E-state index contributed by atoms with van der Waals surface area (Å²) in [7, 11) is 4.04. The van der Waals surface area contributed by atoms with Crippen molar-refractivity contribution < 1.29 is 9.53 Å². The largest absolute Gasteiger partial charge is 0.494 e. The highest BCUT2D eigenvalue weighted by Crippen LogP contribution is 2.31. The maximum atomic E-state index is 13.5. The molecule has 5 aromatic rings. The van der Waals surface area contributed by atoms with E-state index in [0.717, 1.165) is 65.8 Å². The van der Waals surface area contributed by atoms with Crippen LogP contribution in [0.25, 0.3) is 21.8 Å². The fraction of sp³-hybridized carbons (Fsp3) is 0.361. The summed E-state index contributed by atoms with van der Waals surface area (Å²) in [5.74, 6) is 2.60. The molecule has 1 unspecified atom stereocenters. The molecule has 44 heavy (non-hydrogen) atoms. The van der Waals surface area contributed by atoms with Crippen molar-refractivity contribution in [3.8, 4) is 5.75 Å². The lowest BCUT2D eigenvalue weighted by molar-refractivity contribution is 0.0972. The van der Waals surface area contributed by atoms with Gasteiger partial charge >= 0.3 is 0 Å². The fourth-order valence-electron chi connectivity index (χ4n) is 6.37. The molecule has 0 aliphatic heterocycles. The number of hydrogen-bond donors (Lipinski definition) is 3. The molecule has 1 aliphatic rings. The van der Waals surface area contributed by atoms with Crippen LogP contribution < -0.4 is 20.3 Å². The Morgan fingerprint density at radius 2 is 1.64 bits per heavy atom. The Bertz CT molecular complexity index is 1710. The van der Waals surface area contributed by atoms with Crippen LogP contribution in [0.1, 0.15) is 60.9 Å². The van der Waals surface area contributed by atoms with E-state index in [1.807, 2.05) is 74.4 Å². The average molecular weight is 591 g/mol. The Morgan fingerprint density at radius 1 is 0.932 bits per heavy atom. The molecule has 1 atom stereocenters. The molecular formula is C36H42N6O2. The topological polar surface area (TPSA) is 95.2 Å². The molecule has 0 bridgehead atoms. The molecule has 3 N–H and O–H groups in total. The third kappa shape index (κ3) is 6.70. The van der Waals surface area contributed by atoms with Crippen LogP contribution in [0.5, 0.6) is 5.75 Å². The van der Waals surface area contributed by atoms with Gasteiger partial charge in [0.05, 0.1) is 12.1 Å². The van der Waals surface area contributed by atoms with E-state index in [9.17, 15) is 4.79 Å². The number of aromatic nitrogens is 3. The van der Waals surface area contributed by atoms with Gasteiger partial charge in [0.2, 0.25) is 5.95 Å². The van der Waals surface area contributed by atoms with Gasteiger partial charge in [-0.2, -0.15) is 4.98 Å².